The van der Waals surface area contributed by atoms with Crippen molar-refractivity contribution in [2.45, 2.75) is 33.2 Å². The number of hydrogen-bond acceptors (Lipinski definition) is 4. The summed E-state index contributed by atoms with van der Waals surface area (Å²) < 4.78 is 9.81. The molecule has 128 valence electrons. The molecule has 0 aliphatic heterocycles. The van der Waals surface area contributed by atoms with Crippen molar-refractivity contribution in [2.75, 3.05) is 6.61 Å². The number of esters is 1. The van der Waals surface area contributed by atoms with Crippen LogP contribution in [0.5, 0.6) is 0 Å². The van der Waals surface area contributed by atoms with E-state index in [4.69, 9.17) is 9.15 Å². The maximum atomic E-state index is 11.9. The van der Waals surface area contributed by atoms with Crippen LogP contribution in [0.3, 0.4) is 0 Å². The molecule has 1 aromatic carbocycles. The molecular weight excluding hydrogens is 306 g/mol. The zero-order valence-electron chi connectivity index (χ0n) is 14.2. The largest absolute Gasteiger partial charge is 0.457 e. The molecule has 5 nitrogen and oxygen atoms in total. The molecule has 0 spiro atoms. The van der Waals surface area contributed by atoms with E-state index in [1.807, 2.05) is 19.1 Å². The third-order valence-corrected chi connectivity index (χ3v) is 3.56. The van der Waals surface area contributed by atoms with E-state index in [0.29, 0.717) is 5.92 Å². The third kappa shape index (κ3) is 5.26. The summed E-state index contributed by atoms with van der Waals surface area (Å²) in [5.74, 6) is -0.317. The van der Waals surface area contributed by atoms with E-state index in [1.54, 1.807) is 6.07 Å². The Hall–Kier alpha value is -2.56. The number of carbonyl (C=O) groups excluding carboxylic acids is 2. The molecule has 0 unspecified atom stereocenters. The second-order valence-electron chi connectivity index (χ2n) is 6.18. The number of benzene rings is 1. The average Bonchev–Trinajstić information content (AvgIpc) is 3.07. The Morgan fingerprint density at radius 1 is 1.12 bits per heavy atom. The van der Waals surface area contributed by atoms with Crippen molar-refractivity contribution in [1.29, 1.82) is 0 Å². The van der Waals surface area contributed by atoms with Crippen LogP contribution in [0, 0.1) is 5.92 Å². The Kier molecular flexibility index (Phi) is 6.18. The van der Waals surface area contributed by atoms with Crippen LogP contribution in [0.1, 0.15) is 48.5 Å². The van der Waals surface area contributed by atoms with E-state index in [1.165, 1.54) is 17.9 Å². The highest BCUT2D eigenvalue weighted by atomic mass is 16.5. The van der Waals surface area contributed by atoms with Gasteiger partial charge in [0.05, 0.1) is 12.3 Å². The third-order valence-electron chi connectivity index (χ3n) is 3.56. The zero-order valence-corrected chi connectivity index (χ0v) is 14.2. The molecule has 2 aromatic rings. The monoisotopic (exact) mass is 329 g/mol. The van der Waals surface area contributed by atoms with Crippen LogP contribution in [0.25, 0.3) is 0 Å². The molecule has 0 fully saturated rings. The minimum absolute atomic E-state index is 0.0802. The van der Waals surface area contributed by atoms with Crippen molar-refractivity contribution >= 4 is 11.9 Å². The summed E-state index contributed by atoms with van der Waals surface area (Å²) >= 11 is 0. The van der Waals surface area contributed by atoms with Gasteiger partial charge in [-0.15, -0.1) is 0 Å². The van der Waals surface area contributed by atoms with Crippen LogP contribution in [0.4, 0.5) is 0 Å². The first kappa shape index (κ1) is 17.8. The summed E-state index contributed by atoms with van der Waals surface area (Å²) in [5.41, 5.74) is 2.29. The zero-order chi connectivity index (χ0) is 17.5. The summed E-state index contributed by atoms with van der Waals surface area (Å²) in [6, 6.07) is 11.1. The highest BCUT2D eigenvalue weighted by Gasteiger charge is 2.14. The Morgan fingerprint density at radius 3 is 2.42 bits per heavy atom. The fourth-order valence-electron chi connectivity index (χ4n) is 2.38. The van der Waals surface area contributed by atoms with Gasteiger partial charge in [-0.1, -0.05) is 38.1 Å². The SMILES string of the molecule is CC(C)Cc1ccc([C@@H](C)NC(=O)COC(=O)c2ccco2)cc1. The highest BCUT2D eigenvalue weighted by Crippen LogP contribution is 2.15. The number of amides is 1. The summed E-state index contributed by atoms with van der Waals surface area (Å²) in [5, 5.41) is 2.81. The fraction of sp³-hybridized carbons (Fsp3) is 0.368. The van der Waals surface area contributed by atoms with E-state index >= 15 is 0 Å². The summed E-state index contributed by atoms with van der Waals surface area (Å²) in [7, 11) is 0. The fourth-order valence-corrected chi connectivity index (χ4v) is 2.38. The molecule has 24 heavy (non-hydrogen) atoms. The smallest absolute Gasteiger partial charge is 0.374 e. The van der Waals surface area contributed by atoms with Gasteiger partial charge in [-0.3, -0.25) is 4.79 Å². The lowest BCUT2D eigenvalue weighted by Gasteiger charge is -2.15. The molecular formula is C19H23NO4. The average molecular weight is 329 g/mol. The second kappa shape index (κ2) is 8.34. The first-order valence-electron chi connectivity index (χ1n) is 8.04. The van der Waals surface area contributed by atoms with Crippen molar-refractivity contribution in [2.24, 2.45) is 5.92 Å². The van der Waals surface area contributed by atoms with Crippen molar-refractivity contribution in [3.05, 3.63) is 59.5 Å². The number of ether oxygens (including phenoxy) is 1. The Morgan fingerprint density at radius 2 is 1.83 bits per heavy atom. The summed E-state index contributed by atoms with van der Waals surface area (Å²) in [6.07, 6.45) is 2.41. The van der Waals surface area contributed by atoms with Crippen LogP contribution < -0.4 is 5.32 Å². The van der Waals surface area contributed by atoms with Gasteiger partial charge in [-0.05, 0) is 42.5 Å². The minimum Gasteiger partial charge on any atom is -0.457 e. The summed E-state index contributed by atoms with van der Waals surface area (Å²) in [4.78, 5) is 23.5. The van der Waals surface area contributed by atoms with E-state index in [0.717, 1.165) is 12.0 Å². The Bertz CT molecular complexity index is 659. The molecule has 1 aromatic heterocycles. The van der Waals surface area contributed by atoms with E-state index in [9.17, 15) is 9.59 Å². The van der Waals surface area contributed by atoms with Crippen LogP contribution in [0.15, 0.2) is 47.1 Å². The molecule has 0 saturated heterocycles. The molecule has 1 heterocycles. The van der Waals surface area contributed by atoms with Crippen molar-refractivity contribution in [3.63, 3.8) is 0 Å². The van der Waals surface area contributed by atoms with Crippen LogP contribution in [-0.4, -0.2) is 18.5 Å². The van der Waals surface area contributed by atoms with E-state index in [-0.39, 0.29) is 24.3 Å². The lowest BCUT2D eigenvalue weighted by Crippen LogP contribution is -2.31. The highest BCUT2D eigenvalue weighted by molar-refractivity contribution is 5.88. The maximum Gasteiger partial charge on any atom is 0.374 e. The standard InChI is InChI=1S/C19H23NO4/c1-13(2)11-15-6-8-16(9-7-15)14(3)20-18(21)12-24-19(22)17-5-4-10-23-17/h4-10,13-14H,11-12H2,1-3H3,(H,20,21)/t14-/m1/s1. The van der Waals surface area contributed by atoms with Gasteiger partial charge in [0.25, 0.3) is 5.91 Å². The van der Waals surface area contributed by atoms with Crippen LogP contribution in [0.2, 0.25) is 0 Å². The van der Waals surface area contributed by atoms with Crippen LogP contribution in [-0.2, 0) is 16.0 Å². The molecule has 0 saturated carbocycles. The lowest BCUT2D eigenvalue weighted by molar-refractivity contribution is -0.124. The van der Waals surface area contributed by atoms with Gasteiger partial charge in [-0.2, -0.15) is 0 Å². The number of furan rings is 1. The van der Waals surface area contributed by atoms with Gasteiger partial charge < -0.3 is 14.5 Å². The molecule has 0 bridgehead atoms. The second-order valence-corrected chi connectivity index (χ2v) is 6.18. The predicted molar refractivity (Wildman–Crippen MR) is 90.5 cm³/mol. The van der Waals surface area contributed by atoms with Crippen molar-refractivity contribution in [3.8, 4) is 0 Å². The maximum absolute atomic E-state index is 11.9. The van der Waals surface area contributed by atoms with Gasteiger partial charge in [0.2, 0.25) is 5.76 Å². The number of rotatable bonds is 7. The van der Waals surface area contributed by atoms with E-state index < -0.39 is 5.97 Å². The topological polar surface area (TPSA) is 68.5 Å². The quantitative estimate of drug-likeness (QED) is 0.789. The van der Waals surface area contributed by atoms with E-state index in [2.05, 4.69) is 31.3 Å². The molecule has 0 radical (unpaired) electrons. The van der Waals surface area contributed by atoms with Crippen LogP contribution >= 0.6 is 0 Å². The molecule has 1 amide bonds. The first-order valence-corrected chi connectivity index (χ1v) is 8.04. The minimum atomic E-state index is -0.652. The normalized spacial score (nSPS) is 12.0. The van der Waals surface area contributed by atoms with Gasteiger partial charge in [0.15, 0.2) is 6.61 Å². The first-order chi connectivity index (χ1) is 11.5. The van der Waals surface area contributed by atoms with Gasteiger partial charge >= 0.3 is 5.97 Å². The molecule has 2 rings (SSSR count). The predicted octanol–water partition coefficient (Wildman–Crippen LogP) is 3.51. The molecule has 0 aliphatic rings. The number of nitrogens with one attached hydrogen (secondary N) is 1. The Labute approximate surface area is 142 Å². The molecule has 1 atom stereocenters. The molecule has 5 heteroatoms. The number of hydrogen-bond donors (Lipinski definition) is 1. The lowest BCUT2D eigenvalue weighted by atomic mass is 10.00. The van der Waals surface area contributed by atoms with Gasteiger partial charge in [0.1, 0.15) is 0 Å². The van der Waals surface area contributed by atoms with Gasteiger partial charge in [-0.25, -0.2) is 4.79 Å². The molecule has 1 N–H and O–H groups in total. The summed E-state index contributed by atoms with van der Waals surface area (Å²) in [6.45, 7) is 5.92. The van der Waals surface area contributed by atoms with Gasteiger partial charge in [0, 0.05) is 0 Å². The number of carbonyl (C=O) groups is 2. The molecule has 0 aliphatic carbocycles. The van der Waals surface area contributed by atoms with Crippen molar-refractivity contribution < 1.29 is 18.7 Å². The van der Waals surface area contributed by atoms with Crippen molar-refractivity contribution in [1.82, 2.24) is 5.32 Å². The Balaban J connectivity index is 1.81.